The molecule has 2 aromatic heterocycles. The van der Waals surface area contributed by atoms with Crippen LogP contribution in [0, 0.1) is 6.92 Å². The van der Waals surface area contributed by atoms with Crippen LogP contribution in [-0.2, 0) is 6.54 Å². The number of aromatic amines is 1. The normalized spacial score (nSPS) is 13.5. The van der Waals surface area contributed by atoms with Crippen LogP contribution in [0.2, 0.25) is 0 Å². The largest absolute Gasteiger partial charge is 0.354 e. The Balaban J connectivity index is 1.87. The van der Waals surface area contributed by atoms with E-state index in [2.05, 4.69) is 72.2 Å². The Morgan fingerprint density at radius 2 is 2.00 bits per heavy atom. The summed E-state index contributed by atoms with van der Waals surface area (Å²) < 4.78 is 0. The molecular formula is C19H22N4. The van der Waals surface area contributed by atoms with Crippen molar-refractivity contribution >= 4 is 16.7 Å². The summed E-state index contributed by atoms with van der Waals surface area (Å²) in [5.74, 6) is 1.10. The van der Waals surface area contributed by atoms with E-state index in [4.69, 9.17) is 4.98 Å². The van der Waals surface area contributed by atoms with Gasteiger partial charge >= 0.3 is 0 Å². The van der Waals surface area contributed by atoms with Crippen molar-refractivity contribution < 1.29 is 0 Å². The van der Waals surface area contributed by atoms with Crippen molar-refractivity contribution in [2.45, 2.75) is 13.5 Å². The Kier molecular flexibility index (Phi) is 3.34. The van der Waals surface area contributed by atoms with Gasteiger partial charge in [0.05, 0.1) is 5.69 Å². The number of aryl methyl sites for hydroxylation is 1. The van der Waals surface area contributed by atoms with E-state index >= 15 is 0 Å². The number of anilines is 1. The summed E-state index contributed by atoms with van der Waals surface area (Å²) in [6, 6.07) is 12.9. The summed E-state index contributed by atoms with van der Waals surface area (Å²) in [7, 11) is 4.23. The molecule has 0 saturated carbocycles. The van der Waals surface area contributed by atoms with Crippen LogP contribution in [0.25, 0.3) is 22.2 Å². The zero-order valence-corrected chi connectivity index (χ0v) is 13.9. The van der Waals surface area contributed by atoms with Gasteiger partial charge in [0.2, 0.25) is 0 Å². The van der Waals surface area contributed by atoms with E-state index in [1.54, 1.807) is 0 Å². The summed E-state index contributed by atoms with van der Waals surface area (Å²) in [5, 5.41) is 1.32. The van der Waals surface area contributed by atoms with Gasteiger partial charge in [-0.25, -0.2) is 4.98 Å². The molecule has 0 bridgehead atoms. The number of rotatable bonds is 3. The summed E-state index contributed by atoms with van der Waals surface area (Å²) >= 11 is 0. The van der Waals surface area contributed by atoms with Gasteiger partial charge in [0.1, 0.15) is 5.82 Å². The fourth-order valence-corrected chi connectivity index (χ4v) is 3.34. The SMILES string of the molecule is Cc1ccc2c(n1)N(CCN(C)C)Cc1c-2[nH]c2ccccc12. The molecule has 0 fully saturated rings. The average Bonchev–Trinajstić information content (AvgIpc) is 2.91. The van der Waals surface area contributed by atoms with Crippen LogP contribution in [-0.4, -0.2) is 42.1 Å². The minimum Gasteiger partial charge on any atom is -0.354 e. The lowest BCUT2D eigenvalue weighted by Gasteiger charge is -2.31. The number of likely N-dealkylation sites (N-methyl/N-ethyl adjacent to an activating group) is 1. The third kappa shape index (κ3) is 2.39. The minimum atomic E-state index is 0.913. The molecule has 4 nitrogen and oxygen atoms in total. The minimum absolute atomic E-state index is 0.913. The van der Waals surface area contributed by atoms with E-state index in [1.165, 1.54) is 27.7 Å². The first kappa shape index (κ1) is 14.3. The molecule has 3 aromatic rings. The zero-order valence-electron chi connectivity index (χ0n) is 13.9. The number of fused-ring (bicyclic) bond motifs is 5. The van der Waals surface area contributed by atoms with E-state index in [0.29, 0.717) is 0 Å². The van der Waals surface area contributed by atoms with Crippen molar-refractivity contribution in [3.05, 3.63) is 47.7 Å². The molecule has 118 valence electrons. The lowest BCUT2D eigenvalue weighted by Crippen LogP contribution is -2.34. The van der Waals surface area contributed by atoms with Crippen LogP contribution in [0.4, 0.5) is 5.82 Å². The molecule has 0 spiro atoms. The highest BCUT2D eigenvalue weighted by Crippen LogP contribution is 2.40. The molecule has 0 radical (unpaired) electrons. The summed E-state index contributed by atoms with van der Waals surface area (Å²) in [5.41, 5.74) is 6.11. The van der Waals surface area contributed by atoms with Gasteiger partial charge < -0.3 is 14.8 Å². The molecule has 4 rings (SSSR count). The van der Waals surface area contributed by atoms with Crippen molar-refractivity contribution in [2.75, 3.05) is 32.1 Å². The Hall–Kier alpha value is -2.33. The van der Waals surface area contributed by atoms with E-state index in [0.717, 1.165) is 31.1 Å². The van der Waals surface area contributed by atoms with Gasteiger partial charge in [0.25, 0.3) is 0 Å². The average molecular weight is 306 g/mol. The predicted molar refractivity (Wildman–Crippen MR) is 95.9 cm³/mol. The first-order valence-corrected chi connectivity index (χ1v) is 8.11. The van der Waals surface area contributed by atoms with Gasteiger partial charge in [-0.2, -0.15) is 0 Å². The van der Waals surface area contributed by atoms with E-state index < -0.39 is 0 Å². The third-order valence-electron chi connectivity index (χ3n) is 4.56. The maximum Gasteiger partial charge on any atom is 0.138 e. The molecule has 0 aliphatic carbocycles. The number of nitrogens with zero attached hydrogens (tertiary/aromatic N) is 3. The number of pyridine rings is 1. The molecule has 0 saturated heterocycles. The number of para-hydroxylation sites is 1. The fraction of sp³-hybridized carbons (Fsp3) is 0.316. The highest BCUT2D eigenvalue weighted by atomic mass is 15.2. The molecule has 4 heteroatoms. The number of nitrogens with one attached hydrogen (secondary N) is 1. The van der Waals surface area contributed by atoms with Gasteiger partial charge in [-0.3, -0.25) is 0 Å². The second-order valence-electron chi connectivity index (χ2n) is 6.57. The lowest BCUT2D eigenvalue weighted by atomic mass is 10.0. The molecule has 1 aliphatic rings. The Bertz CT molecular complexity index is 863. The van der Waals surface area contributed by atoms with Crippen molar-refractivity contribution in [1.29, 1.82) is 0 Å². The van der Waals surface area contributed by atoms with E-state index in [9.17, 15) is 0 Å². The molecule has 3 heterocycles. The smallest absolute Gasteiger partial charge is 0.138 e. The van der Waals surface area contributed by atoms with Crippen molar-refractivity contribution in [3.63, 3.8) is 0 Å². The number of benzene rings is 1. The van der Waals surface area contributed by atoms with Crippen molar-refractivity contribution in [3.8, 4) is 11.3 Å². The quantitative estimate of drug-likeness (QED) is 0.805. The van der Waals surface area contributed by atoms with Crippen LogP contribution in [0.5, 0.6) is 0 Å². The standard InChI is InChI=1S/C19H22N4/c1-13-8-9-15-18-16(14-6-4-5-7-17(14)21-18)12-23(19(15)20-13)11-10-22(2)3/h4-9,21H,10-12H2,1-3H3. The van der Waals surface area contributed by atoms with Gasteiger partial charge in [0.15, 0.2) is 0 Å². The molecule has 1 N–H and O–H groups in total. The summed E-state index contributed by atoms with van der Waals surface area (Å²) in [4.78, 5) is 13.1. The lowest BCUT2D eigenvalue weighted by molar-refractivity contribution is 0.412. The third-order valence-corrected chi connectivity index (χ3v) is 4.56. The van der Waals surface area contributed by atoms with Crippen molar-refractivity contribution in [2.24, 2.45) is 0 Å². The zero-order chi connectivity index (χ0) is 16.0. The van der Waals surface area contributed by atoms with Crippen LogP contribution in [0.15, 0.2) is 36.4 Å². The molecule has 0 atom stereocenters. The molecule has 0 amide bonds. The number of H-pyrrole nitrogens is 1. The van der Waals surface area contributed by atoms with E-state index in [1.807, 2.05) is 0 Å². The summed E-state index contributed by atoms with van der Waals surface area (Å²) in [6.07, 6.45) is 0. The van der Waals surface area contributed by atoms with Crippen LogP contribution in [0.3, 0.4) is 0 Å². The maximum atomic E-state index is 4.83. The fourth-order valence-electron chi connectivity index (χ4n) is 3.34. The molecule has 23 heavy (non-hydrogen) atoms. The number of hydrogen-bond acceptors (Lipinski definition) is 3. The summed E-state index contributed by atoms with van der Waals surface area (Å²) in [6.45, 7) is 4.98. The molecule has 1 aliphatic heterocycles. The molecular weight excluding hydrogens is 284 g/mol. The molecule has 0 unspecified atom stereocenters. The van der Waals surface area contributed by atoms with Gasteiger partial charge in [0, 0.05) is 47.4 Å². The second-order valence-corrected chi connectivity index (χ2v) is 6.57. The first-order chi connectivity index (χ1) is 11.1. The predicted octanol–water partition coefficient (Wildman–Crippen LogP) is 3.42. The van der Waals surface area contributed by atoms with Crippen molar-refractivity contribution in [1.82, 2.24) is 14.9 Å². The Morgan fingerprint density at radius 1 is 1.17 bits per heavy atom. The Labute approximate surface area is 136 Å². The van der Waals surface area contributed by atoms with E-state index in [-0.39, 0.29) is 0 Å². The topological polar surface area (TPSA) is 35.2 Å². The number of aromatic nitrogens is 2. The van der Waals surface area contributed by atoms with Crippen LogP contribution in [0.1, 0.15) is 11.3 Å². The van der Waals surface area contributed by atoms with Crippen LogP contribution >= 0.6 is 0 Å². The Morgan fingerprint density at radius 3 is 2.83 bits per heavy atom. The highest BCUT2D eigenvalue weighted by Gasteiger charge is 2.26. The monoisotopic (exact) mass is 306 g/mol. The van der Waals surface area contributed by atoms with Gasteiger partial charge in [-0.05, 0) is 39.2 Å². The molecule has 1 aromatic carbocycles. The van der Waals surface area contributed by atoms with Gasteiger partial charge in [-0.15, -0.1) is 0 Å². The van der Waals surface area contributed by atoms with Gasteiger partial charge in [-0.1, -0.05) is 18.2 Å². The number of hydrogen-bond donors (Lipinski definition) is 1. The highest BCUT2D eigenvalue weighted by molar-refractivity contribution is 5.94. The maximum absolute atomic E-state index is 4.83. The van der Waals surface area contributed by atoms with Crippen LogP contribution < -0.4 is 4.90 Å². The second kappa shape index (κ2) is 5.39. The first-order valence-electron chi connectivity index (χ1n) is 8.11.